The molecule has 31 heavy (non-hydrogen) atoms. The second-order valence-corrected chi connectivity index (χ2v) is 7.82. The molecular weight excluding hydrogens is 438 g/mol. The fraction of sp³-hybridized carbons (Fsp3) is 0.227. The summed E-state index contributed by atoms with van der Waals surface area (Å²) < 4.78 is 10.6. The lowest BCUT2D eigenvalue weighted by molar-refractivity contribution is -0.116. The highest BCUT2D eigenvalue weighted by Crippen LogP contribution is 2.33. The first-order valence-corrected chi connectivity index (χ1v) is 10.8. The monoisotopic (exact) mass is 459 g/mol. The van der Waals surface area contributed by atoms with E-state index in [0.29, 0.717) is 40.2 Å². The summed E-state index contributed by atoms with van der Waals surface area (Å²) in [5.41, 5.74) is 2.12. The minimum Gasteiger partial charge on any atom is -0.493 e. The molecule has 0 saturated heterocycles. The summed E-state index contributed by atoms with van der Waals surface area (Å²) in [6, 6.07) is 12.2. The normalized spacial score (nSPS) is 10.4. The fourth-order valence-corrected chi connectivity index (χ4v) is 3.66. The Morgan fingerprint density at radius 1 is 1.06 bits per heavy atom. The van der Waals surface area contributed by atoms with E-state index in [1.807, 2.05) is 23.6 Å². The van der Waals surface area contributed by atoms with E-state index in [1.165, 1.54) is 11.3 Å². The number of benzene rings is 2. The summed E-state index contributed by atoms with van der Waals surface area (Å²) in [6.07, 6.45) is 0.783. The van der Waals surface area contributed by atoms with Gasteiger partial charge in [-0.15, -0.1) is 11.3 Å². The molecule has 2 N–H and O–H groups in total. The fourth-order valence-electron chi connectivity index (χ4n) is 2.80. The Morgan fingerprint density at radius 3 is 2.52 bits per heavy atom. The molecule has 2 aromatic carbocycles. The molecule has 0 radical (unpaired) electrons. The first kappa shape index (κ1) is 22.6. The third-order valence-corrected chi connectivity index (χ3v) is 5.41. The maximum Gasteiger partial charge on any atom is 0.251 e. The number of hydrogen-bond acceptors (Lipinski definition) is 6. The minimum atomic E-state index is -0.198. The standard InChI is InChI=1S/C22H22ClN3O4S/c1-29-18-10-7-15(12-19(18)30-2)17-13-31-22(25-17)26-20(27)4-3-11-24-21(28)14-5-8-16(23)9-6-14/h5-10,12-13H,3-4,11H2,1-2H3,(H,24,28)(H,25,26,27). The zero-order valence-corrected chi connectivity index (χ0v) is 18.7. The van der Waals surface area contributed by atoms with Gasteiger partial charge in [0.25, 0.3) is 5.91 Å². The number of nitrogens with one attached hydrogen (secondary N) is 2. The predicted octanol–water partition coefficient (Wildman–Crippen LogP) is 4.63. The zero-order valence-electron chi connectivity index (χ0n) is 17.1. The maximum atomic E-state index is 12.2. The molecule has 0 aliphatic heterocycles. The van der Waals surface area contributed by atoms with Crippen LogP contribution in [0.25, 0.3) is 11.3 Å². The summed E-state index contributed by atoms with van der Waals surface area (Å²) in [4.78, 5) is 28.7. The summed E-state index contributed by atoms with van der Waals surface area (Å²) >= 11 is 7.16. The van der Waals surface area contributed by atoms with Crippen molar-refractivity contribution in [1.29, 1.82) is 0 Å². The van der Waals surface area contributed by atoms with E-state index in [4.69, 9.17) is 21.1 Å². The molecule has 7 nitrogen and oxygen atoms in total. The van der Waals surface area contributed by atoms with E-state index in [9.17, 15) is 9.59 Å². The number of aromatic nitrogens is 1. The highest BCUT2D eigenvalue weighted by molar-refractivity contribution is 7.14. The molecule has 0 aliphatic carbocycles. The summed E-state index contributed by atoms with van der Waals surface area (Å²) in [7, 11) is 3.16. The molecule has 162 valence electrons. The zero-order chi connectivity index (χ0) is 22.2. The number of carbonyl (C=O) groups is 2. The third-order valence-electron chi connectivity index (χ3n) is 4.40. The molecule has 2 amide bonds. The van der Waals surface area contributed by atoms with Crippen LogP contribution in [0.5, 0.6) is 11.5 Å². The van der Waals surface area contributed by atoms with E-state index in [1.54, 1.807) is 38.5 Å². The third kappa shape index (κ3) is 6.19. The lowest BCUT2D eigenvalue weighted by Crippen LogP contribution is -2.25. The number of methoxy groups -OCH3 is 2. The van der Waals surface area contributed by atoms with E-state index in [-0.39, 0.29) is 18.2 Å². The maximum absolute atomic E-state index is 12.2. The summed E-state index contributed by atoms with van der Waals surface area (Å²) in [5, 5.41) is 8.53. The number of amides is 2. The van der Waals surface area contributed by atoms with Crippen LogP contribution in [0.4, 0.5) is 5.13 Å². The van der Waals surface area contributed by atoms with E-state index in [2.05, 4.69) is 15.6 Å². The lowest BCUT2D eigenvalue weighted by Gasteiger charge is -2.08. The molecular formula is C22H22ClN3O4S. The SMILES string of the molecule is COc1ccc(-c2csc(NC(=O)CCCNC(=O)c3ccc(Cl)cc3)n2)cc1OC. The average Bonchev–Trinajstić information content (AvgIpc) is 3.24. The number of carbonyl (C=O) groups excluding carboxylic acids is 2. The van der Waals surface area contributed by atoms with Crippen molar-refractivity contribution in [2.45, 2.75) is 12.8 Å². The molecule has 0 bridgehead atoms. The van der Waals surface area contributed by atoms with Gasteiger partial charge < -0.3 is 20.1 Å². The molecule has 0 fully saturated rings. The largest absolute Gasteiger partial charge is 0.493 e. The van der Waals surface area contributed by atoms with Gasteiger partial charge in [-0.05, 0) is 48.9 Å². The highest BCUT2D eigenvalue weighted by Gasteiger charge is 2.11. The van der Waals surface area contributed by atoms with Crippen molar-refractivity contribution in [2.24, 2.45) is 0 Å². The number of thiazole rings is 1. The van der Waals surface area contributed by atoms with E-state index < -0.39 is 0 Å². The molecule has 0 unspecified atom stereocenters. The Kier molecular flexibility index (Phi) is 7.86. The van der Waals surface area contributed by atoms with Crippen molar-refractivity contribution in [1.82, 2.24) is 10.3 Å². The molecule has 3 aromatic rings. The van der Waals surface area contributed by atoms with Crippen molar-refractivity contribution in [3.63, 3.8) is 0 Å². The van der Waals surface area contributed by atoms with Crippen molar-refractivity contribution in [3.05, 3.63) is 58.4 Å². The topological polar surface area (TPSA) is 89.6 Å². The van der Waals surface area contributed by atoms with Gasteiger partial charge >= 0.3 is 0 Å². The van der Waals surface area contributed by atoms with Crippen LogP contribution in [-0.2, 0) is 4.79 Å². The molecule has 0 atom stereocenters. The molecule has 3 rings (SSSR count). The predicted molar refractivity (Wildman–Crippen MR) is 122 cm³/mol. The Morgan fingerprint density at radius 2 is 1.81 bits per heavy atom. The van der Waals surface area contributed by atoms with Crippen molar-refractivity contribution in [2.75, 3.05) is 26.1 Å². The van der Waals surface area contributed by atoms with Gasteiger partial charge in [0.05, 0.1) is 19.9 Å². The number of hydrogen-bond donors (Lipinski definition) is 2. The molecule has 0 aliphatic rings. The highest BCUT2D eigenvalue weighted by atomic mass is 35.5. The van der Waals surface area contributed by atoms with Crippen LogP contribution in [-0.4, -0.2) is 37.6 Å². The van der Waals surface area contributed by atoms with Gasteiger partial charge in [-0.1, -0.05) is 11.6 Å². The molecule has 1 heterocycles. The minimum absolute atomic E-state index is 0.158. The first-order valence-electron chi connectivity index (χ1n) is 9.51. The summed E-state index contributed by atoms with van der Waals surface area (Å²) in [5.74, 6) is 0.892. The van der Waals surface area contributed by atoms with E-state index >= 15 is 0 Å². The van der Waals surface area contributed by atoms with Crippen LogP contribution >= 0.6 is 22.9 Å². The van der Waals surface area contributed by atoms with Gasteiger partial charge in [0.15, 0.2) is 16.6 Å². The van der Waals surface area contributed by atoms with Crippen LogP contribution in [0.15, 0.2) is 47.8 Å². The molecule has 0 saturated carbocycles. The van der Waals surface area contributed by atoms with Crippen LogP contribution < -0.4 is 20.1 Å². The van der Waals surface area contributed by atoms with E-state index in [0.717, 1.165) is 11.3 Å². The van der Waals surface area contributed by atoms with Crippen LogP contribution in [0.1, 0.15) is 23.2 Å². The van der Waals surface area contributed by atoms with Gasteiger partial charge in [-0.2, -0.15) is 0 Å². The van der Waals surface area contributed by atoms with Crippen LogP contribution in [0.2, 0.25) is 5.02 Å². The smallest absolute Gasteiger partial charge is 0.251 e. The molecule has 9 heteroatoms. The van der Waals surface area contributed by atoms with Gasteiger partial charge in [0, 0.05) is 34.5 Å². The average molecular weight is 460 g/mol. The number of anilines is 1. The number of rotatable bonds is 9. The van der Waals surface area contributed by atoms with Crippen molar-refractivity contribution >= 4 is 39.9 Å². The summed E-state index contributed by atoms with van der Waals surface area (Å²) in [6.45, 7) is 0.393. The van der Waals surface area contributed by atoms with Crippen molar-refractivity contribution in [3.8, 4) is 22.8 Å². The van der Waals surface area contributed by atoms with Gasteiger partial charge in [-0.25, -0.2) is 4.98 Å². The van der Waals surface area contributed by atoms with Gasteiger partial charge in [0.1, 0.15) is 0 Å². The van der Waals surface area contributed by atoms with Gasteiger partial charge in [-0.3, -0.25) is 9.59 Å². The van der Waals surface area contributed by atoms with Crippen LogP contribution in [0.3, 0.4) is 0 Å². The lowest BCUT2D eigenvalue weighted by atomic mass is 10.1. The molecule has 1 aromatic heterocycles. The number of nitrogens with zero attached hydrogens (tertiary/aromatic N) is 1. The van der Waals surface area contributed by atoms with Crippen LogP contribution in [0, 0.1) is 0 Å². The first-order chi connectivity index (χ1) is 15.0. The number of halogens is 1. The Bertz CT molecular complexity index is 1050. The van der Waals surface area contributed by atoms with Crippen molar-refractivity contribution < 1.29 is 19.1 Å². The second kappa shape index (κ2) is 10.8. The Balaban J connectivity index is 1.47. The Hall–Kier alpha value is -3.10. The second-order valence-electron chi connectivity index (χ2n) is 6.52. The molecule has 0 spiro atoms. The quantitative estimate of drug-likeness (QED) is 0.455. The van der Waals surface area contributed by atoms with Gasteiger partial charge in [0.2, 0.25) is 5.91 Å². The Labute approximate surface area is 189 Å². The number of ether oxygens (including phenoxy) is 2.